The topological polar surface area (TPSA) is 50.1 Å². The quantitative estimate of drug-likeness (QED) is 0.602. The molecule has 2 aliphatic carbocycles. The van der Waals surface area contributed by atoms with Gasteiger partial charge < -0.3 is 4.74 Å². The molecule has 0 bridgehead atoms. The molecule has 2 fully saturated rings. The summed E-state index contributed by atoms with van der Waals surface area (Å²) >= 11 is 0. The molecule has 1 spiro atoms. The second-order valence-electron chi connectivity index (χ2n) is 5.47. The molecule has 3 rings (SSSR count). The third kappa shape index (κ3) is 1.50. The minimum Gasteiger partial charge on any atom is -0.454 e. The minimum atomic E-state index is -0.359. The molecule has 3 heteroatoms. The SMILES string of the molecule is N#CC1=C2CCCC2C2(CCCCC2)OC1=O. The molecule has 0 aromatic rings. The molecule has 3 aliphatic rings. The Labute approximate surface area is 101 Å². The Balaban J connectivity index is 2.03. The molecule has 1 atom stereocenters. The van der Waals surface area contributed by atoms with Gasteiger partial charge >= 0.3 is 5.97 Å². The predicted octanol–water partition coefficient (Wildman–Crippen LogP) is 2.87. The second-order valence-corrected chi connectivity index (χ2v) is 5.47. The Morgan fingerprint density at radius 2 is 2.00 bits per heavy atom. The number of nitrogens with zero attached hydrogens (tertiary/aromatic N) is 1. The predicted molar refractivity (Wildman–Crippen MR) is 61.9 cm³/mol. The zero-order valence-electron chi connectivity index (χ0n) is 10.00. The van der Waals surface area contributed by atoms with Gasteiger partial charge in [-0.3, -0.25) is 0 Å². The second kappa shape index (κ2) is 3.87. The van der Waals surface area contributed by atoms with Crippen molar-refractivity contribution in [3.63, 3.8) is 0 Å². The summed E-state index contributed by atoms with van der Waals surface area (Å²) in [6, 6.07) is 2.05. The largest absolute Gasteiger partial charge is 0.454 e. The first-order valence-corrected chi connectivity index (χ1v) is 6.63. The van der Waals surface area contributed by atoms with Gasteiger partial charge in [0.1, 0.15) is 17.2 Å². The van der Waals surface area contributed by atoms with Crippen LogP contribution in [0.2, 0.25) is 0 Å². The van der Waals surface area contributed by atoms with Crippen molar-refractivity contribution in [3.05, 3.63) is 11.1 Å². The molecule has 0 saturated heterocycles. The van der Waals surface area contributed by atoms with E-state index in [0.29, 0.717) is 11.5 Å². The Morgan fingerprint density at radius 3 is 2.71 bits per heavy atom. The number of fused-ring (bicyclic) bond motifs is 2. The lowest BCUT2D eigenvalue weighted by atomic mass is 9.71. The van der Waals surface area contributed by atoms with E-state index in [9.17, 15) is 4.79 Å². The van der Waals surface area contributed by atoms with E-state index in [1.165, 1.54) is 6.42 Å². The molecule has 1 aliphatic heterocycles. The summed E-state index contributed by atoms with van der Waals surface area (Å²) in [5.74, 6) is -0.0160. The third-order valence-electron chi connectivity index (χ3n) is 4.63. The standard InChI is InChI=1S/C14H17NO2/c15-9-11-10-5-4-6-12(10)14(17-13(11)16)7-2-1-3-8-14/h12H,1-8H2. The van der Waals surface area contributed by atoms with Gasteiger partial charge in [-0.1, -0.05) is 6.42 Å². The van der Waals surface area contributed by atoms with Crippen LogP contribution in [0.5, 0.6) is 0 Å². The first-order valence-electron chi connectivity index (χ1n) is 6.63. The van der Waals surface area contributed by atoms with Crippen LogP contribution in [0.3, 0.4) is 0 Å². The monoisotopic (exact) mass is 231 g/mol. The molecule has 0 amide bonds. The van der Waals surface area contributed by atoms with E-state index in [1.54, 1.807) is 0 Å². The van der Waals surface area contributed by atoms with Gasteiger partial charge in [0.05, 0.1) is 0 Å². The number of carbonyl (C=O) groups is 1. The van der Waals surface area contributed by atoms with Crippen molar-refractivity contribution in [1.29, 1.82) is 5.26 Å². The van der Waals surface area contributed by atoms with Gasteiger partial charge in [-0.2, -0.15) is 5.26 Å². The highest BCUT2D eigenvalue weighted by Gasteiger charge is 2.51. The summed E-state index contributed by atoms with van der Waals surface area (Å²) in [5.41, 5.74) is 1.16. The van der Waals surface area contributed by atoms with Crippen LogP contribution in [0.15, 0.2) is 11.1 Å². The van der Waals surface area contributed by atoms with Crippen molar-refractivity contribution in [2.45, 2.75) is 57.0 Å². The zero-order valence-corrected chi connectivity index (χ0v) is 10.00. The zero-order chi connectivity index (χ0) is 11.9. The fourth-order valence-corrected chi connectivity index (χ4v) is 3.88. The van der Waals surface area contributed by atoms with Crippen molar-refractivity contribution < 1.29 is 9.53 Å². The number of ether oxygens (including phenoxy) is 1. The van der Waals surface area contributed by atoms with Crippen molar-refractivity contribution in [2.75, 3.05) is 0 Å². The average Bonchev–Trinajstić information content (AvgIpc) is 2.80. The first-order chi connectivity index (χ1) is 8.27. The van der Waals surface area contributed by atoms with Gasteiger partial charge in [0.2, 0.25) is 0 Å². The number of rotatable bonds is 0. The fourth-order valence-electron chi connectivity index (χ4n) is 3.88. The average molecular weight is 231 g/mol. The maximum atomic E-state index is 11.9. The summed E-state index contributed by atoms with van der Waals surface area (Å²) in [5, 5.41) is 9.09. The summed E-state index contributed by atoms with van der Waals surface area (Å²) in [6.45, 7) is 0. The molecule has 1 unspecified atom stereocenters. The van der Waals surface area contributed by atoms with Crippen LogP contribution in [0.25, 0.3) is 0 Å². The summed E-state index contributed by atoms with van der Waals surface area (Å²) in [7, 11) is 0. The minimum absolute atomic E-state index is 0.248. The van der Waals surface area contributed by atoms with Crippen LogP contribution in [-0.4, -0.2) is 11.6 Å². The molecule has 3 nitrogen and oxygen atoms in total. The number of hydrogen-bond acceptors (Lipinski definition) is 3. The molecule has 0 aromatic carbocycles. The molecule has 2 saturated carbocycles. The van der Waals surface area contributed by atoms with Crippen molar-refractivity contribution >= 4 is 5.97 Å². The van der Waals surface area contributed by atoms with Gasteiger partial charge in [0.25, 0.3) is 0 Å². The van der Waals surface area contributed by atoms with E-state index < -0.39 is 0 Å². The fraction of sp³-hybridized carbons (Fsp3) is 0.714. The number of hydrogen-bond donors (Lipinski definition) is 0. The van der Waals surface area contributed by atoms with Crippen molar-refractivity contribution in [2.24, 2.45) is 5.92 Å². The van der Waals surface area contributed by atoms with E-state index in [-0.39, 0.29) is 11.6 Å². The van der Waals surface area contributed by atoms with Crippen LogP contribution in [-0.2, 0) is 9.53 Å². The maximum absolute atomic E-state index is 11.9. The number of nitriles is 1. The number of carbonyl (C=O) groups excluding carboxylic acids is 1. The van der Waals surface area contributed by atoms with Gasteiger partial charge in [-0.05, 0) is 50.5 Å². The van der Waals surface area contributed by atoms with Crippen molar-refractivity contribution in [3.8, 4) is 6.07 Å². The smallest absolute Gasteiger partial charge is 0.349 e. The van der Waals surface area contributed by atoms with E-state index in [0.717, 1.165) is 50.5 Å². The van der Waals surface area contributed by atoms with Crippen LogP contribution in [0.4, 0.5) is 0 Å². The molecule has 0 N–H and O–H groups in total. The van der Waals surface area contributed by atoms with Crippen LogP contribution in [0.1, 0.15) is 51.4 Å². The lowest BCUT2D eigenvalue weighted by Crippen LogP contribution is -2.47. The lowest BCUT2D eigenvalue weighted by molar-refractivity contribution is -0.167. The Kier molecular flexibility index (Phi) is 2.47. The van der Waals surface area contributed by atoms with E-state index in [2.05, 4.69) is 6.07 Å². The Bertz CT molecular complexity index is 424. The molecule has 0 aromatic heterocycles. The highest BCUT2D eigenvalue weighted by atomic mass is 16.6. The van der Waals surface area contributed by atoms with Gasteiger partial charge in [0.15, 0.2) is 0 Å². The van der Waals surface area contributed by atoms with Gasteiger partial charge in [0, 0.05) is 5.92 Å². The van der Waals surface area contributed by atoms with Crippen LogP contribution in [0, 0.1) is 17.2 Å². The van der Waals surface area contributed by atoms with Crippen LogP contribution < -0.4 is 0 Å². The first kappa shape index (κ1) is 10.8. The molecular weight excluding hydrogens is 214 g/mol. The van der Waals surface area contributed by atoms with E-state index in [4.69, 9.17) is 10.00 Å². The Morgan fingerprint density at radius 1 is 1.24 bits per heavy atom. The van der Waals surface area contributed by atoms with Gasteiger partial charge in [-0.15, -0.1) is 0 Å². The highest BCUT2D eigenvalue weighted by molar-refractivity contribution is 5.95. The van der Waals surface area contributed by atoms with E-state index >= 15 is 0 Å². The molecule has 90 valence electrons. The summed E-state index contributed by atoms with van der Waals surface area (Å²) in [4.78, 5) is 11.9. The molecule has 0 radical (unpaired) electrons. The molecular formula is C14H17NO2. The summed E-state index contributed by atoms with van der Waals surface area (Å²) in [6.07, 6.45) is 8.65. The molecule has 1 heterocycles. The lowest BCUT2D eigenvalue weighted by Gasteiger charge is -2.44. The number of esters is 1. The summed E-state index contributed by atoms with van der Waals surface area (Å²) < 4.78 is 5.71. The Hall–Kier alpha value is -1.30. The van der Waals surface area contributed by atoms with Crippen molar-refractivity contribution in [1.82, 2.24) is 0 Å². The molecule has 17 heavy (non-hydrogen) atoms. The van der Waals surface area contributed by atoms with Gasteiger partial charge in [-0.25, -0.2) is 4.79 Å². The van der Waals surface area contributed by atoms with Crippen LogP contribution >= 0.6 is 0 Å². The van der Waals surface area contributed by atoms with E-state index in [1.807, 2.05) is 0 Å². The maximum Gasteiger partial charge on any atom is 0.349 e. The third-order valence-corrected chi connectivity index (χ3v) is 4.63. The highest BCUT2D eigenvalue weighted by Crippen LogP contribution is 2.51. The normalized spacial score (nSPS) is 31.0.